The molecule has 0 fully saturated rings. The van der Waals surface area contributed by atoms with Crippen molar-refractivity contribution in [2.75, 3.05) is 6.61 Å². The first-order chi connectivity index (χ1) is 8.08. The maximum Gasteiger partial charge on any atom is 0.131 e. The molecular formula is C14H23BrOS. The van der Waals surface area contributed by atoms with Crippen LogP contribution in [0.3, 0.4) is 0 Å². The second-order valence-electron chi connectivity index (χ2n) is 5.15. The fourth-order valence-corrected chi connectivity index (χ4v) is 2.82. The summed E-state index contributed by atoms with van der Waals surface area (Å²) in [6.07, 6.45) is 5.19. The molecule has 0 saturated heterocycles. The first kappa shape index (κ1) is 15.0. The Morgan fingerprint density at radius 1 is 1.24 bits per heavy atom. The lowest BCUT2D eigenvalue weighted by atomic mass is 9.98. The molecule has 0 saturated carbocycles. The lowest BCUT2D eigenvalue weighted by Crippen LogP contribution is -2.04. The van der Waals surface area contributed by atoms with Crippen molar-refractivity contribution < 1.29 is 4.74 Å². The van der Waals surface area contributed by atoms with Crippen LogP contribution < -0.4 is 4.74 Å². The Kier molecular flexibility index (Phi) is 7.21. The molecule has 0 amide bonds. The summed E-state index contributed by atoms with van der Waals surface area (Å²) in [7, 11) is 0. The SMILES string of the molecule is CC(C)CCC[C@H](C)CCOc1csc(Br)c1. The monoisotopic (exact) mass is 318 g/mol. The summed E-state index contributed by atoms with van der Waals surface area (Å²) in [6, 6.07) is 2.04. The van der Waals surface area contributed by atoms with Crippen molar-refractivity contribution in [2.24, 2.45) is 11.8 Å². The van der Waals surface area contributed by atoms with Crippen molar-refractivity contribution in [3.8, 4) is 5.75 Å². The van der Waals surface area contributed by atoms with Crippen molar-refractivity contribution in [3.63, 3.8) is 0 Å². The van der Waals surface area contributed by atoms with E-state index in [1.165, 1.54) is 19.3 Å². The van der Waals surface area contributed by atoms with Crippen LogP contribution in [0.4, 0.5) is 0 Å². The summed E-state index contributed by atoms with van der Waals surface area (Å²) >= 11 is 5.11. The van der Waals surface area contributed by atoms with Crippen LogP contribution in [0.2, 0.25) is 0 Å². The molecule has 1 aromatic heterocycles. The summed E-state index contributed by atoms with van der Waals surface area (Å²) in [5.74, 6) is 2.61. The summed E-state index contributed by atoms with van der Waals surface area (Å²) in [5, 5.41) is 2.05. The van der Waals surface area contributed by atoms with Gasteiger partial charge in [0.2, 0.25) is 0 Å². The molecule has 0 aromatic carbocycles. The first-order valence-electron chi connectivity index (χ1n) is 6.44. The molecular weight excluding hydrogens is 296 g/mol. The number of rotatable bonds is 8. The Labute approximate surface area is 118 Å². The molecule has 17 heavy (non-hydrogen) atoms. The fourth-order valence-electron chi connectivity index (χ4n) is 1.77. The number of halogens is 1. The number of ether oxygens (including phenoxy) is 1. The molecule has 3 heteroatoms. The Balaban J connectivity index is 2.05. The van der Waals surface area contributed by atoms with Crippen molar-refractivity contribution in [2.45, 2.75) is 46.5 Å². The van der Waals surface area contributed by atoms with Crippen molar-refractivity contribution in [1.29, 1.82) is 0 Å². The van der Waals surface area contributed by atoms with E-state index in [0.29, 0.717) is 0 Å². The van der Waals surface area contributed by atoms with Gasteiger partial charge < -0.3 is 4.74 Å². The van der Waals surface area contributed by atoms with E-state index >= 15 is 0 Å². The fraction of sp³-hybridized carbons (Fsp3) is 0.714. The van der Waals surface area contributed by atoms with Crippen LogP contribution in [-0.4, -0.2) is 6.61 Å². The zero-order valence-electron chi connectivity index (χ0n) is 11.0. The van der Waals surface area contributed by atoms with Crippen LogP contribution in [0.5, 0.6) is 5.75 Å². The van der Waals surface area contributed by atoms with Gasteiger partial charge in [-0.25, -0.2) is 0 Å². The molecule has 0 spiro atoms. The lowest BCUT2D eigenvalue weighted by Gasteiger charge is -2.12. The summed E-state index contributed by atoms with van der Waals surface area (Å²) < 4.78 is 6.84. The van der Waals surface area contributed by atoms with E-state index in [-0.39, 0.29) is 0 Å². The van der Waals surface area contributed by atoms with Crippen LogP contribution in [0, 0.1) is 11.8 Å². The lowest BCUT2D eigenvalue weighted by molar-refractivity contribution is 0.276. The van der Waals surface area contributed by atoms with Gasteiger partial charge in [0.25, 0.3) is 0 Å². The van der Waals surface area contributed by atoms with Gasteiger partial charge in [0.05, 0.1) is 10.4 Å². The van der Waals surface area contributed by atoms with Gasteiger partial charge in [-0.15, -0.1) is 11.3 Å². The van der Waals surface area contributed by atoms with Crippen LogP contribution >= 0.6 is 27.3 Å². The Morgan fingerprint density at radius 3 is 2.59 bits per heavy atom. The zero-order chi connectivity index (χ0) is 12.7. The second-order valence-corrected chi connectivity index (χ2v) is 7.44. The molecule has 0 aliphatic heterocycles. The van der Waals surface area contributed by atoms with Crippen molar-refractivity contribution in [1.82, 2.24) is 0 Å². The van der Waals surface area contributed by atoms with Crippen LogP contribution in [-0.2, 0) is 0 Å². The minimum atomic E-state index is 0.774. The number of hydrogen-bond donors (Lipinski definition) is 0. The zero-order valence-corrected chi connectivity index (χ0v) is 13.4. The van der Waals surface area contributed by atoms with E-state index in [1.54, 1.807) is 11.3 Å². The minimum Gasteiger partial charge on any atom is -0.493 e. The predicted octanol–water partition coefficient (Wildman–Crippen LogP) is 5.74. The molecule has 0 bridgehead atoms. The molecule has 1 heterocycles. The molecule has 0 radical (unpaired) electrons. The topological polar surface area (TPSA) is 9.23 Å². The summed E-state index contributed by atoms with van der Waals surface area (Å²) in [4.78, 5) is 0. The van der Waals surface area contributed by atoms with Gasteiger partial charge in [0, 0.05) is 11.4 Å². The smallest absolute Gasteiger partial charge is 0.131 e. The standard InChI is InChI=1S/C14H23BrOS/c1-11(2)5-4-6-12(3)7-8-16-13-9-14(15)17-10-13/h9-12H,4-8H2,1-3H3/t12-/m0/s1. The van der Waals surface area contributed by atoms with Crippen LogP contribution in [0.1, 0.15) is 46.5 Å². The van der Waals surface area contributed by atoms with Gasteiger partial charge in [0.1, 0.15) is 5.75 Å². The minimum absolute atomic E-state index is 0.774. The van der Waals surface area contributed by atoms with E-state index in [4.69, 9.17) is 4.74 Å². The molecule has 1 rings (SSSR count). The Bertz CT molecular complexity index is 309. The maximum absolute atomic E-state index is 5.71. The van der Waals surface area contributed by atoms with Crippen molar-refractivity contribution >= 4 is 27.3 Å². The quantitative estimate of drug-likeness (QED) is 0.593. The molecule has 1 nitrogen and oxygen atoms in total. The van der Waals surface area contributed by atoms with Gasteiger partial charge in [-0.05, 0) is 34.2 Å². The van der Waals surface area contributed by atoms with Crippen LogP contribution in [0.25, 0.3) is 0 Å². The molecule has 0 aliphatic rings. The molecule has 1 atom stereocenters. The van der Waals surface area contributed by atoms with Crippen LogP contribution in [0.15, 0.2) is 15.2 Å². The van der Waals surface area contributed by atoms with E-state index in [1.807, 2.05) is 11.4 Å². The molecule has 98 valence electrons. The Hall–Kier alpha value is -0.0200. The highest BCUT2D eigenvalue weighted by Crippen LogP contribution is 2.26. The van der Waals surface area contributed by atoms with Gasteiger partial charge in [-0.3, -0.25) is 0 Å². The third-order valence-corrected chi connectivity index (χ3v) is 4.38. The Morgan fingerprint density at radius 2 is 2.00 bits per heavy atom. The van der Waals surface area contributed by atoms with Gasteiger partial charge >= 0.3 is 0 Å². The second kappa shape index (κ2) is 8.15. The molecule has 0 unspecified atom stereocenters. The number of thiophene rings is 1. The molecule has 0 N–H and O–H groups in total. The molecule has 1 aromatic rings. The third-order valence-electron chi connectivity index (χ3n) is 2.90. The summed E-state index contributed by atoms with van der Waals surface area (Å²) in [5.41, 5.74) is 0. The van der Waals surface area contributed by atoms with Gasteiger partial charge in [-0.1, -0.05) is 40.0 Å². The first-order valence-corrected chi connectivity index (χ1v) is 8.12. The van der Waals surface area contributed by atoms with E-state index in [2.05, 4.69) is 36.7 Å². The maximum atomic E-state index is 5.71. The summed E-state index contributed by atoms with van der Waals surface area (Å²) in [6.45, 7) is 7.75. The predicted molar refractivity (Wildman–Crippen MR) is 80.0 cm³/mol. The highest BCUT2D eigenvalue weighted by molar-refractivity contribution is 9.11. The van der Waals surface area contributed by atoms with E-state index in [0.717, 1.165) is 34.4 Å². The normalized spacial score (nSPS) is 13.0. The molecule has 0 aliphatic carbocycles. The number of hydrogen-bond acceptors (Lipinski definition) is 2. The highest BCUT2D eigenvalue weighted by Gasteiger charge is 2.04. The van der Waals surface area contributed by atoms with E-state index < -0.39 is 0 Å². The average Bonchev–Trinajstić information content (AvgIpc) is 2.63. The highest BCUT2D eigenvalue weighted by atomic mass is 79.9. The third kappa shape index (κ3) is 7.10. The van der Waals surface area contributed by atoms with E-state index in [9.17, 15) is 0 Å². The van der Waals surface area contributed by atoms with Gasteiger partial charge in [-0.2, -0.15) is 0 Å². The largest absolute Gasteiger partial charge is 0.493 e. The van der Waals surface area contributed by atoms with Gasteiger partial charge in [0.15, 0.2) is 0 Å². The average molecular weight is 319 g/mol. The van der Waals surface area contributed by atoms with Crippen molar-refractivity contribution in [3.05, 3.63) is 15.2 Å².